The van der Waals surface area contributed by atoms with Crippen molar-refractivity contribution in [1.82, 2.24) is 25.1 Å². The van der Waals surface area contributed by atoms with Gasteiger partial charge in [-0.3, -0.25) is 10.1 Å². The Morgan fingerprint density at radius 2 is 2.00 bits per heavy atom. The molecule has 0 atom stereocenters. The normalized spacial score (nSPS) is 15.1. The number of likely N-dealkylation sites (N-methyl/N-ethyl adjacent to an activating group) is 1. The number of ether oxygens (including phenoxy) is 1. The number of thiophene rings is 1. The van der Waals surface area contributed by atoms with Crippen LogP contribution < -0.4 is 15.4 Å². The van der Waals surface area contributed by atoms with Crippen molar-refractivity contribution < 1.29 is 14.3 Å². The van der Waals surface area contributed by atoms with Crippen molar-refractivity contribution in [3.63, 3.8) is 0 Å². The molecule has 1 aliphatic rings. The zero-order valence-corrected chi connectivity index (χ0v) is 23.3. The molecule has 1 aromatic carbocycles. The maximum atomic E-state index is 12.1. The second-order valence-corrected chi connectivity index (χ2v) is 10.9. The highest BCUT2D eigenvalue weighted by Gasteiger charge is 2.45. The van der Waals surface area contributed by atoms with E-state index in [2.05, 4.69) is 68.5 Å². The molecule has 9 nitrogen and oxygen atoms in total. The van der Waals surface area contributed by atoms with E-state index >= 15 is 0 Å². The topological polar surface area (TPSA) is 99.7 Å². The Morgan fingerprint density at radius 3 is 2.69 bits per heavy atom. The van der Waals surface area contributed by atoms with Crippen LogP contribution in [-0.2, 0) is 4.79 Å². The number of halogens is 1. The van der Waals surface area contributed by atoms with Crippen LogP contribution in [0.4, 0.5) is 10.7 Å². The first-order valence-corrected chi connectivity index (χ1v) is 13.6. The van der Waals surface area contributed by atoms with E-state index in [9.17, 15) is 9.59 Å². The Labute approximate surface area is 223 Å². The number of rotatable bonds is 11. The number of carbonyl (C=O) groups excluding carboxylic acids is 2. The maximum Gasteiger partial charge on any atom is 0.325 e. The van der Waals surface area contributed by atoms with Crippen molar-refractivity contribution in [1.29, 1.82) is 0 Å². The summed E-state index contributed by atoms with van der Waals surface area (Å²) in [6.07, 6.45) is 1.72. The van der Waals surface area contributed by atoms with E-state index in [1.54, 1.807) is 31.4 Å². The van der Waals surface area contributed by atoms with Gasteiger partial charge in [-0.25, -0.2) is 14.8 Å². The number of nitrogens with zero attached hydrogens (tertiary/aromatic N) is 4. The summed E-state index contributed by atoms with van der Waals surface area (Å²) < 4.78 is 7.92. The summed E-state index contributed by atoms with van der Waals surface area (Å²) in [7, 11) is 0. The Hall–Kier alpha value is -2.76. The van der Waals surface area contributed by atoms with Crippen LogP contribution in [-0.4, -0.2) is 76.6 Å². The Kier molecular flexibility index (Phi) is 8.11. The van der Waals surface area contributed by atoms with Gasteiger partial charge in [0.05, 0.1) is 9.35 Å². The molecule has 3 amide bonds. The summed E-state index contributed by atoms with van der Waals surface area (Å²) in [6, 6.07) is 7.88. The Bertz CT molecular complexity index is 1260. The molecular formula is C25H31BrN6O3S. The highest BCUT2D eigenvalue weighted by Crippen LogP contribution is 2.37. The number of fused-ring (bicyclic) bond motifs is 1. The first kappa shape index (κ1) is 26.3. The fourth-order valence-corrected chi connectivity index (χ4v) is 5.62. The van der Waals surface area contributed by atoms with Gasteiger partial charge in [-0.15, -0.1) is 11.3 Å². The van der Waals surface area contributed by atoms with E-state index in [1.807, 2.05) is 6.07 Å². The molecule has 1 saturated heterocycles. The number of benzene rings is 1. The molecule has 11 heteroatoms. The number of anilines is 1. The number of carbonyl (C=O) groups is 2. The third-order valence-corrected chi connectivity index (χ3v) is 8.05. The molecule has 0 bridgehead atoms. The summed E-state index contributed by atoms with van der Waals surface area (Å²) in [4.78, 5) is 37.9. The highest BCUT2D eigenvalue weighted by molar-refractivity contribution is 9.10. The van der Waals surface area contributed by atoms with E-state index in [0.29, 0.717) is 25.6 Å². The Morgan fingerprint density at radius 1 is 1.22 bits per heavy atom. The molecule has 36 heavy (non-hydrogen) atoms. The van der Waals surface area contributed by atoms with Gasteiger partial charge in [0.2, 0.25) is 5.95 Å². The summed E-state index contributed by atoms with van der Waals surface area (Å²) in [6.45, 7) is 12.1. The quantitative estimate of drug-likeness (QED) is 0.323. The molecule has 2 N–H and O–H groups in total. The van der Waals surface area contributed by atoms with Gasteiger partial charge >= 0.3 is 6.03 Å². The average molecular weight is 576 g/mol. The number of nitrogens with one attached hydrogen (secondary N) is 2. The van der Waals surface area contributed by atoms with Crippen LogP contribution in [0.5, 0.6) is 5.75 Å². The number of imide groups is 1. The van der Waals surface area contributed by atoms with Crippen molar-refractivity contribution in [2.75, 3.05) is 44.6 Å². The Balaban J connectivity index is 1.43. The lowest BCUT2D eigenvalue weighted by molar-refractivity contribution is -0.125. The lowest BCUT2D eigenvalue weighted by Gasteiger charge is -2.27. The predicted octanol–water partition coefficient (Wildman–Crippen LogP) is 4.58. The van der Waals surface area contributed by atoms with E-state index in [-0.39, 0.29) is 11.9 Å². The molecule has 0 unspecified atom stereocenters. The minimum Gasteiger partial charge on any atom is -0.492 e. The van der Waals surface area contributed by atoms with Crippen molar-refractivity contribution in [2.45, 2.75) is 33.2 Å². The molecule has 0 aliphatic carbocycles. The molecule has 1 fully saturated rings. The summed E-state index contributed by atoms with van der Waals surface area (Å²) in [5.41, 5.74) is -0.0951. The number of amides is 3. The van der Waals surface area contributed by atoms with Crippen molar-refractivity contribution in [2.24, 2.45) is 0 Å². The number of hydrogen-bond acceptors (Lipinski definition) is 8. The molecule has 0 spiro atoms. The van der Waals surface area contributed by atoms with Gasteiger partial charge in [0, 0.05) is 30.5 Å². The molecule has 192 valence electrons. The first-order chi connectivity index (χ1) is 17.2. The summed E-state index contributed by atoms with van der Waals surface area (Å²) in [5.74, 6) is 1.02. The van der Waals surface area contributed by atoms with Crippen molar-refractivity contribution >= 4 is 55.2 Å². The van der Waals surface area contributed by atoms with E-state index in [4.69, 9.17) is 9.72 Å². The lowest BCUT2D eigenvalue weighted by atomic mass is 10.0. The molecular weight excluding hydrogens is 544 g/mol. The molecule has 1 aliphatic heterocycles. The van der Waals surface area contributed by atoms with Crippen LogP contribution in [0.3, 0.4) is 0 Å². The van der Waals surface area contributed by atoms with Gasteiger partial charge in [-0.05, 0) is 72.5 Å². The van der Waals surface area contributed by atoms with Gasteiger partial charge in [0.15, 0.2) is 0 Å². The zero-order chi connectivity index (χ0) is 25.9. The molecule has 3 heterocycles. The summed E-state index contributed by atoms with van der Waals surface area (Å²) >= 11 is 5.23. The number of aromatic nitrogens is 2. The van der Waals surface area contributed by atoms with Crippen LogP contribution in [0.2, 0.25) is 0 Å². The molecule has 4 rings (SSSR count). The van der Waals surface area contributed by atoms with Crippen LogP contribution in [0, 0.1) is 0 Å². The standard InChI is InChI=1S/C25H31BrN6O3S/c1-5-31(6-2)11-12-35-17-7-8-19-16(13-17)14-20(36-19)21-18(26)15-28-23(29-21)27-9-10-32-24(34)30-22(33)25(32,3)4/h7-8,13-15H,5-6,9-12H2,1-4H3,(H,27,28,29)(H,30,33,34). The van der Waals surface area contributed by atoms with Crippen LogP contribution in [0.25, 0.3) is 20.7 Å². The second kappa shape index (κ2) is 11.1. The molecule has 0 radical (unpaired) electrons. The van der Waals surface area contributed by atoms with Crippen molar-refractivity contribution in [3.05, 3.63) is 34.9 Å². The summed E-state index contributed by atoms with van der Waals surface area (Å²) in [5, 5.41) is 6.63. The van der Waals surface area contributed by atoms with Gasteiger partial charge in [0.25, 0.3) is 5.91 Å². The minimum absolute atomic E-state index is 0.295. The smallest absolute Gasteiger partial charge is 0.325 e. The van der Waals surface area contributed by atoms with Crippen molar-refractivity contribution in [3.8, 4) is 16.3 Å². The minimum atomic E-state index is -0.879. The first-order valence-electron chi connectivity index (χ1n) is 12.0. The number of urea groups is 1. The monoisotopic (exact) mass is 574 g/mol. The maximum absolute atomic E-state index is 12.1. The average Bonchev–Trinajstić information content (AvgIpc) is 3.35. The van der Waals surface area contributed by atoms with Crippen LogP contribution >= 0.6 is 27.3 Å². The third kappa shape index (κ3) is 5.63. The van der Waals surface area contributed by atoms with Crippen LogP contribution in [0.1, 0.15) is 27.7 Å². The highest BCUT2D eigenvalue weighted by atomic mass is 79.9. The molecule has 0 saturated carbocycles. The largest absolute Gasteiger partial charge is 0.492 e. The molecule has 3 aromatic rings. The lowest BCUT2D eigenvalue weighted by Crippen LogP contribution is -2.46. The predicted molar refractivity (Wildman–Crippen MR) is 147 cm³/mol. The van der Waals surface area contributed by atoms with Gasteiger partial charge in [-0.2, -0.15) is 0 Å². The second-order valence-electron chi connectivity index (χ2n) is 8.97. The van der Waals surface area contributed by atoms with E-state index in [1.165, 1.54) is 4.90 Å². The zero-order valence-electron chi connectivity index (χ0n) is 20.9. The van der Waals surface area contributed by atoms with Gasteiger partial charge in [-0.1, -0.05) is 13.8 Å². The molecule has 2 aromatic heterocycles. The van der Waals surface area contributed by atoms with Crippen LogP contribution in [0.15, 0.2) is 34.9 Å². The van der Waals surface area contributed by atoms with Gasteiger partial charge in [0.1, 0.15) is 23.6 Å². The van der Waals surface area contributed by atoms with E-state index < -0.39 is 5.54 Å². The third-order valence-electron chi connectivity index (χ3n) is 6.35. The fraction of sp³-hybridized carbons (Fsp3) is 0.440. The number of hydrogen-bond donors (Lipinski definition) is 2. The fourth-order valence-electron chi connectivity index (χ4n) is 4.04. The van der Waals surface area contributed by atoms with Gasteiger partial charge < -0.3 is 19.9 Å². The SMILES string of the molecule is CCN(CC)CCOc1ccc2sc(-c3nc(NCCN4C(=O)NC(=O)C4(C)C)ncc3Br)cc2c1. The van der Waals surface area contributed by atoms with E-state index in [0.717, 1.165) is 50.5 Å².